The molecule has 0 saturated carbocycles. The summed E-state index contributed by atoms with van der Waals surface area (Å²) in [4.78, 5) is 10.9. The zero-order valence-electron chi connectivity index (χ0n) is 11.6. The topological polar surface area (TPSA) is 41.0 Å². The van der Waals surface area contributed by atoms with Crippen LogP contribution < -0.4 is 10.2 Å². The zero-order valence-corrected chi connectivity index (χ0v) is 11.6. The number of aromatic nitrogens is 2. The van der Waals surface area contributed by atoms with Gasteiger partial charge in [-0.1, -0.05) is 13.8 Å². The van der Waals surface area contributed by atoms with Crippen LogP contribution in [0.2, 0.25) is 0 Å². The van der Waals surface area contributed by atoms with Crippen molar-refractivity contribution in [3.8, 4) is 0 Å². The summed E-state index contributed by atoms with van der Waals surface area (Å²) in [6.45, 7) is 8.91. The molecular weight excluding hydrogens is 224 g/mol. The molecule has 1 aliphatic rings. The van der Waals surface area contributed by atoms with Crippen molar-refractivity contribution in [1.82, 2.24) is 15.3 Å². The molecule has 4 heteroatoms. The molecule has 0 aliphatic carbocycles. The maximum absolute atomic E-state index is 4.31. The van der Waals surface area contributed by atoms with Crippen LogP contribution in [0.15, 0.2) is 18.5 Å². The molecule has 2 rings (SSSR count). The van der Waals surface area contributed by atoms with Crippen molar-refractivity contribution in [3.63, 3.8) is 0 Å². The molecule has 1 atom stereocenters. The fourth-order valence-corrected chi connectivity index (χ4v) is 2.26. The summed E-state index contributed by atoms with van der Waals surface area (Å²) < 4.78 is 0. The lowest BCUT2D eigenvalue weighted by atomic mass is 10.0. The third kappa shape index (κ3) is 3.42. The highest BCUT2D eigenvalue weighted by Crippen LogP contribution is 2.16. The van der Waals surface area contributed by atoms with Gasteiger partial charge in [-0.3, -0.25) is 0 Å². The van der Waals surface area contributed by atoms with Gasteiger partial charge in [-0.15, -0.1) is 0 Å². The van der Waals surface area contributed by atoms with E-state index in [9.17, 15) is 0 Å². The maximum Gasteiger partial charge on any atom is 0.225 e. The molecule has 0 amide bonds. The number of nitrogens with one attached hydrogen (secondary N) is 1. The lowest BCUT2D eigenvalue weighted by Gasteiger charge is -2.34. The average Bonchev–Trinajstić information content (AvgIpc) is 2.40. The molecule has 1 fully saturated rings. The van der Waals surface area contributed by atoms with Crippen molar-refractivity contribution >= 4 is 5.95 Å². The van der Waals surface area contributed by atoms with Gasteiger partial charge in [0.2, 0.25) is 5.95 Å². The van der Waals surface area contributed by atoms with Crippen LogP contribution in [0.4, 0.5) is 5.95 Å². The summed E-state index contributed by atoms with van der Waals surface area (Å²) in [6, 6.07) is 3.10. The smallest absolute Gasteiger partial charge is 0.225 e. The molecule has 18 heavy (non-hydrogen) atoms. The number of hydrogen-bond acceptors (Lipinski definition) is 4. The SMILES string of the molecule is CC(C)C(C)NC1CCN(c2ncccn2)CC1. The first kappa shape index (κ1) is 13.3. The van der Waals surface area contributed by atoms with Gasteiger partial charge in [-0.2, -0.15) is 0 Å². The first-order valence-electron chi connectivity index (χ1n) is 6.95. The second kappa shape index (κ2) is 6.14. The average molecular weight is 248 g/mol. The first-order valence-corrected chi connectivity index (χ1v) is 6.95. The van der Waals surface area contributed by atoms with E-state index in [4.69, 9.17) is 0 Å². The van der Waals surface area contributed by atoms with Crippen molar-refractivity contribution < 1.29 is 0 Å². The van der Waals surface area contributed by atoms with E-state index in [2.05, 4.69) is 41.0 Å². The minimum Gasteiger partial charge on any atom is -0.341 e. The van der Waals surface area contributed by atoms with Crippen LogP contribution in [0.1, 0.15) is 33.6 Å². The van der Waals surface area contributed by atoms with E-state index < -0.39 is 0 Å². The van der Waals surface area contributed by atoms with Crippen LogP contribution in [0, 0.1) is 5.92 Å². The molecule has 0 spiro atoms. The summed E-state index contributed by atoms with van der Waals surface area (Å²) in [5.74, 6) is 1.56. The Morgan fingerprint density at radius 1 is 1.17 bits per heavy atom. The molecule has 1 saturated heterocycles. The van der Waals surface area contributed by atoms with E-state index in [1.807, 2.05) is 18.5 Å². The van der Waals surface area contributed by atoms with E-state index in [1.165, 1.54) is 12.8 Å². The van der Waals surface area contributed by atoms with Crippen LogP contribution in [0.25, 0.3) is 0 Å². The Labute approximate surface area is 110 Å². The fraction of sp³-hybridized carbons (Fsp3) is 0.714. The van der Waals surface area contributed by atoms with E-state index in [0.29, 0.717) is 18.0 Å². The van der Waals surface area contributed by atoms with Crippen molar-refractivity contribution in [3.05, 3.63) is 18.5 Å². The molecule has 4 nitrogen and oxygen atoms in total. The summed E-state index contributed by atoms with van der Waals surface area (Å²) in [6.07, 6.45) is 5.98. The summed E-state index contributed by atoms with van der Waals surface area (Å²) in [5, 5.41) is 3.72. The number of anilines is 1. The van der Waals surface area contributed by atoms with Crippen molar-refractivity contribution in [1.29, 1.82) is 0 Å². The Balaban J connectivity index is 1.81. The number of rotatable bonds is 4. The van der Waals surface area contributed by atoms with Gasteiger partial charge in [0.25, 0.3) is 0 Å². The minimum absolute atomic E-state index is 0.592. The van der Waals surface area contributed by atoms with Gasteiger partial charge < -0.3 is 10.2 Å². The van der Waals surface area contributed by atoms with Gasteiger partial charge >= 0.3 is 0 Å². The fourth-order valence-electron chi connectivity index (χ4n) is 2.26. The van der Waals surface area contributed by atoms with Crippen molar-refractivity contribution in [2.24, 2.45) is 5.92 Å². The van der Waals surface area contributed by atoms with E-state index in [0.717, 1.165) is 19.0 Å². The van der Waals surface area contributed by atoms with Crippen LogP contribution in [-0.4, -0.2) is 35.1 Å². The molecule has 1 aromatic rings. The number of nitrogens with zero attached hydrogens (tertiary/aromatic N) is 3. The lowest BCUT2D eigenvalue weighted by Crippen LogP contribution is -2.47. The second-order valence-corrected chi connectivity index (χ2v) is 5.51. The minimum atomic E-state index is 0.592. The van der Waals surface area contributed by atoms with Gasteiger partial charge in [-0.25, -0.2) is 9.97 Å². The lowest BCUT2D eigenvalue weighted by molar-refractivity contribution is 0.330. The molecule has 1 unspecified atom stereocenters. The standard InChI is InChI=1S/C14H24N4/c1-11(2)12(3)17-13-5-9-18(10-6-13)14-15-7-4-8-16-14/h4,7-8,11-13,17H,5-6,9-10H2,1-3H3. The van der Waals surface area contributed by atoms with Gasteiger partial charge in [0.15, 0.2) is 0 Å². The first-order chi connectivity index (χ1) is 8.66. The molecule has 0 radical (unpaired) electrons. The van der Waals surface area contributed by atoms with Gasteiger partial charge in [0.05, 0.1) is 0 Å². The predicted molar refractivity (Wildman–Crippen MR) is 74.7 cm³/mol. The van der Waals surface area contributed by atoms with Crippen molar-refractivity contribution in [2.45, 2.75) is 45.7 Å². The molecule has 0 bridgehead atoms. The van der Waals surface area contributed by atoms with E-state index >= 15 is 0 Å². The second-order valence-electron chi connectivity index (χ2n) is 5.51. The predicted octanol–water partition coefficient (Wildman–Crippen LogP) is 2.08. The third-order valence-corrected chi connectivity index (χ3v) is 3.83. The molecular formula is C14H24N4. The van der Waals surface area contributed by atoms with E-state index in [-0.39, 0.29) is 0 Å². The summed E-state index contributed by atoms with van der Waals surface area (Å²) >= 11 is 0. The largest absolute Gasteiger partial charge is 0.341 e. The van der Waals surface area contributed by atoms with Crippen LogP contribution in [-0.2, 0) is 0 Å². The maximum atomic E-state index is 4.31. The van der Waals surface area contributed by atoms with Crippen molar-refractivity contribution in [2.75, 3.05) is 18.0 Å². The highest BCUT2D eigenvalue weighted by Gasteiger charge is 2.22. The molecule has 100 valence electrons. The van der Waals surface area contributed by atoms with E-state index in [1.54, 1.807) is 0 Å². The highest BCUT2D eigenvalue weighted by molar-refractivity contribution is 5.29. The number of piperidine rings is 1. The Hall–Kier alpha value is -1.16. The Morgan fingerprint density at radius 2 is 1.78 bits per heavy atom. The third-order valence-electron chi connectivity index (χ3n) is 3.83. The Bertz CT molecular complexity index is 344. The van der Waals surface area contributed by atoms with Crippen LogP contribution in [0.5, 0.6) is 0 Å². The quantitative estimate of drug-likeness (QED) is 0.885. The van der Waals surface area contributed by atoms with Gasteiger partial charge in [-0.05, 0) is 31.7 Å². The number of hydrogen-bond donors (Lipinski definition) is 1. The summed E-state index contributed by atoms with van der Waals surface area (Å²) in [5.41, 5.74) is 0. The normalized spacial score (nSPS) is 19.2. The highest BCUT2D eigenvalue weighted by atomic mass is 15.3. The Morgan fingerprint density at radius 3 is 2.33 bits per heavy atom. The monoisotopic (exact) mass is 248 g/mol. The zero-order chi connectivity index (χ0) is 13.0. The molecule has 1 aromatic heterocycles. The Kier molecular flexibility index (Phi) is 4.53. The summed E-state index contributed by atoms with van der Waals surface area (Å²) in [7, 11) is 0. The van der Waals surface area contributed by atoms with Crippen LogP contribution >= 0.6 is 0 Å². The van der Waals surface area contributed by atoms with Gasteiger partial charge in [0, 0.05) is 37.6 Å². The molecule has 0 aromatic carbocycles. The molecule has 1 aliphatic heterocycles. The molecule has 2 heterocycles. The van der Waals surface area contributed by atoms with Crippen LogP contribution in [0.3, 0.4) is 0 Å². The molecule has 1 N–H and O–H groups in total. The van der Waals surface area contributed by atoms with Gasteiger partial charge in [0.1, 0.15) is 0 Å².